The highest BCUT2D eigenvalue weighted by Crippen LogP contribution is 2.21. The minimum Gasteiger partial charge on any atom is -0.378 e. The predicted molar refractivity (Wildman–Crippen MR) is 80.3 cm³/mol. The maximum Gasteiger partial charge on any atom is 0.255 e. The number of hydrogen-bond acceptors (Lipinski definition) is 4. The lowest BCUT2D eigenvalue weighted by Gasteiger charge is -2.35. The third-order valence-electron chi connectivity index (χ3n) is 4.36. The molecule has 2 aliphatic heterocycles. The van der Waals surface area contributed by atoms with Crippen LogP contribution in [0.2, 0.25) is 0 Å². The second-order valence-corrected chi connectivity index (χ2v) is 5.75. The number of pyridine rings is 1. The number of ether oxygens (including phenoxy) is 1. The van der Waals surface area contributed by atoms with Crippen molar-refractivity contribution in [2.45, 2.75) is 12.8 Å². The monoisotopic (exact) mass is 303 g/mol. The summed E-state index contributed by atoms with van der Waals surface area (Å²) < 4.78 is 5.28. The van der Waals surface area contributed by atoms with Gasteiger partial charge in [-0.15, -0.1) is 0 Å². The topological polar surface area (TPSA) is 62.7 Å². The molecule has 0 unspecified atom stereocenters. The largest absolute Gasteiger partial charge is 0.378 e. The van der Waals surface area contributed by atoms with E-state index in [1.165, 1.54) is 0 Å². The molecule has 1 aromatic rings. The van der Waals surface area contributed by atoms with Gasteiger partial charge in [-0.05, 0) is 25.0 Å². The maximum absolute atomic E-state index is 12.5. The van der Waals surface area contributed by atoms with Crippen LogP contribution >= 0.6 is 0 Å². The Kier molecular flexibility index (Phi) is 4.68. The van der Waals surface area contributed by atoms with Crippen LogP contribution in [-0.2, 0) is 9.53 Å². The molecule has 118 valence electrons. The van der Waals surface area contributed by atoms with Gasteiger partial charge in [0.25, 0.3) is 5.91 Å². The van der Waals surface area contributed by atoms with Crippen LogP contribution in [0.1, 0.15) is 23.2 Å². The van der Waals surface area contributed by atoms with Crippen molar-refractivity contribution in [3.63, 3.8) is 0 Å². The fraction of sp³-hybridized carbons (Fsp3) is 0.562. The van der Waals surface area contributed by atoms with Crippen molar-refractivity contribution in [3.8, 4) is 0 Å². The normalized spacial score (nSPS) is 20.0. The average molecular weight is 303 g/mol. The number of piperidine rings is 1. The molecule has 6 heteroatoms. The van der Waals surface area contributed by atoms with Crippen molar-refractivity contribution < 1.29 is 14.3 Å². The first-order chi connectivity index (χ1) is 10.8. The molecule has 0 spiro atoms. The zero-order valence-electron chi connectivity index (χ0n) is 12.6. The van der Waals surface area contributed by atoms with Crippen LogP contribution in [0.4, 0.5) is 0 Å². The van der Waals surface area contributed by atoms with Crippen LogP contribution in [0.15, 0.2) is 24.5 Å². The molecule has 0 radical (unpaired) electrons. The Bertz CT molecular complexity index is 521. The number of hydrogen-bond donors (Lipinski definition) is 0. The zero-order valence-corrected chi connectivity index (χ0v) is 12.6. The first-order valence-electron chi connectivity index (χ1n) is 7.81. The van der Waals surface area contributed by atoms with E-state index in [1.54, 1.807) is 24.5 Å². The molecule has 2 amide bonds. The van der Waals surface area contributed by atoms with Crippen molar-refractivity contribution in [3.05, 3.63) is 30.1 Å². The van der Waals surface area contributed by atoms with Gasteiger partial charge in [0.15, 0.2) is 0 Å². The van der Waals surface area contributed by atoms with Crippen molar-refractivity contribution in [1.82, 2.24) is 14.8 Å². The first-order valence-corrected chi connectivity index (χ1v) is 7.81. The Morgan fingerprint density at radius 3 is 2.45 bits per heavy atom. The molecule has 3 rings (SSSR count). The van der Waals surface area contributed by atoms with E-state index >= 15 is 0 Å². The fourth-order valence-corrected chi connectivity index (χ4v) is 3.04. The highest BCUT2D eigenvalue weighted by atomic mass is 16.5. The number of nitrogens with zero attached hydrogens (tertiary/aromatic N) is 3. The molecule has 0 aliphatic carbocycles. The number of rotatable bonds is 2. The molecule has 3 heterocycles. The van der Waals surface area contributed by atoms with Crippen LogP contribution in [0.3, 0.4) is 0 Å². The lowest BCUT2D eigenvalue weighted by atomic mass is 9.94. The minimum absolute atomic E-state index is 0.00497. The van der Waals surface area contributed by atoms with E-state index in [-0.39, 0.29) is 17.7 Å². The van der Waals surface area contributed by atoms with Crippen molar-refractivity contribution in [2.24, 2.45) is 5.92 Å². The molecule has 0 atom stereocenters. The summed E-state index contributed by atoms with van der Waals surface area (Å²) in [4.78, 5) is 32.5. The Balaban J connectivity index is 1.54. The van der Waals surface area contributed by atoms with Gasteiger partial charge >= 0.3 is 0 Å². The quantitative estimate of drug-likeness (QED) is 0.810. The van der Waals surface area contributed by atoms with Crippen LogP contribution < -0.4 is 0 Å². The average Bonchev–Trinajstić information content (AvgIpc) is 2.62. The molecular weight excluding hydrogens is 282 g/mol. The van der Waals surface area contributed by atoms with Crippen molar-refractivity contribution >= 4 is 11.8 Å². The van der Waals surface area contributed by atoms with E-state index in [0.717, 1.165) is 12.8 Å². The number of carbonyl (C=O) groups excluding carboxylic acids is 2. The Morgan fingerprint density at radius 1 is 1.09 bits per heavy atom. The second kappa shape index (κ2) is 6.87. The van der Waals surface area contributed by atoms with E-state index in [4.69, 9.17) is 4.74 Å². The number of morpholine rings is 1. The third kappa shape index (κ3) is 3.27. The van der Waals surface area contributed by atoms with Gasteiger partial charge in [-0.2, -0.15) is 0 Å². The molecule has 0 N–H and O–H groups in total. The predicted octanol–water partition coefficient (Wildman–Crippen LogP) is 0.793. The zero-order chi connectivity index (χ0) is 15.4. The van der Waals surface area contributed by atoms with Gasteiger partial charge < -0.3 is 14.5 Å². The van der Waals surface area contributed by atoms with Gasteiger partial charge in [0.1, 0.15) is 0 Å². The Labute approximate surface area is 130 Å². The van der Waals surface area contributed by atoms with Gasteiger partial charge in [-0.25, -0.2) is 0 Å². The summed E-state index contributed by atoms with van der Waals surface area (Å²) in [6.45, 7) is 3.90. The van der Waals surface area contributed by atoms with Crippen molar-refractivity contribution in [2.75, 3.05) is 39.4 Å². The van der Waals surface area contributed by atoms with E-state index in [9.17, 15) is 9.59 Å². The Hall–Kier alpha value is -1.95. The molecule has 1 aromatic heterocycles. The van der Waals surface area contributed by atoms with Crippen LogP contribution in [0, 0.1) is 5.92 Å². The summed E-state index contributed by atoms with van der Waals surface area (Å²) in [6.07, 6.45) is 4.72. The molecule has 2 aliphatic rings. The summed E-state index contributed by atoms with van der Waals surface area (Å²) in [7, 11) is 0. The summed E-state index contributed by atoms with van der Waals surface area (Å²) >= 11 is 0. The lowest BCUT2D eigenvalue weighted by molar-refractivity contribution is -0.141. The van der Waals surface area contributed by atoms with Gasteiger partial charge in [0, 0.05) is 44.5 Å². The first kappa shape index (κ1) is 15.0. The Morgan fingerprint density at radius 2 is 1.82 bits per heavy atom. The van der Waals surface area contributed by atoms with Crippen LogP contribution in [-0.4, -0.2) is 66.0 Å². The number of carbonyl (C=O) groups is 2. The molecule has 2 saturated heterocycles. The van der Waals surface area contributed by atoms with Gasteiger partial charge in [0.2, 0.25) is 5.91 Å². The smallest absolute Gasteiger partial charge is 0.255 e. The lowest BCUT2D eigenvalue weighted by Crippen LogP contribution is -2.47. The summed E-state index contributed by atoms with van der Waals surface area (Å²) in [5, 5.41) is 0. The number of likely N-dealkylation sites (tertiary alicyclic amines) is 1. The van der Waals surface area contributed by atoms with E-state index in [1.807, 2.05) is 9.80 Å². The summed E-state index contributed by atoms with van der Waals surface area (Å²) in [5.41, 5.74) is 0.612. The van der Waals surface area contributed by atoms with Gasteiger partial charge in [-0.1, -0.05) is 0 Å². The molecule has 2 fully saturated rings. The van der Waals surface area contributed by atoms with Gasteiger partial charge in [0.05, 0.1) is 18.8 Å². The molecule has 0 aromatic carbocycles. The second-order valence-electron chi connectivity index (χ2n) is 5.75. The van der Waals surface area contributed by atoms with E-state index in [0.29, 0.717) is 45.0 Å². The van der Waals surface area contributed by atoms with Crippen LogP contribution in [0.25, 0.3) is 0 Å². The van der Waals surface area contributed by atoms with Crippen LogP contribution in [0.5, 0.6) is 0 Å². The molecule has 6 nitrogen and oxygen atoms in total. The molecular formula is C16H21N3O3. The maximum atomic E-state index is 12.5. The number of aromatic nitrogens is 1. The van der Waals surface area contributed by atoms with E-state index < -0.39 is 0 Å². The fourth-order valence-electron chi connectivity index (χ4n) is 3.04. The highest BCUT2D eigenvalue weighted by Gasteiger charge is 2.31. The standard InChI is InChI=1S/C16H21N3O3/c20-15(19-8-10-22-11-9-19)13-3-6-18(7-4-13)16(21)14-2-1-5-17-12-14/h1-2,5,12-13H,3-4,6-11H2. The molecule has 0 saturated carbocycles. The van der Waals surface area contributed by atoms with Crippen molar-refractivity contribution in [1.29, 1.82) is 0 Å². The summed E-state index contributed by atoms with van der Waals surface area (Å²) in [6, 6.07) is 3.54. The third-order valence-corrected chi connectivity index (χ3v) is 4.36. The van der Waals surface area contributed by atoms with Gasteiger partial charge in [-0.3, -0.25) is 14.6 Å². The molecule has 22 heavy (non-hydrogen) atoms. The summed E-state index contributed by atoms with van der Waals surface area (Å²) in [5.74, 6) is 0.262. The highest BCUT2D eigenvalue weighted by molar-refractivity contribution is 5.94. The molecule has 0 bridgehead atoms. The number of amides is 2. The SMILES string of the molecule is O=C(c1cccnc1)N1CCC(C(=O)N2CCOCC2)CC1. The van der Waals surface area contributed by atoms with E-state index in [2.05, 4.69) is 4.98 Å². The minimum atomic E-state index is 0.00497.